The van der Waals surface area contributed by atoms with Gasteiger partial charge in [0.2, 0.25) is 0 Å². The summed E-state index contributed by atoms with van der Waals surface area (Å²) >= 11 is 9.65. The quantitative estimate of drug-likeness (QED) is 0.655. The lowest BCUT2D eigenvalue weighted by molar-refractivity contribution is 0.618. The fourth-order valence-corrected chi connectivity index (χ4v) is 2.77. The Bertz CT molecular complexity index is 537. The van der Waals surface area contributed by atoms with Gasteiger partial charge in [-0.15, -0.1) is 11.6 Å². The Hall–Kier alpha value is -0.860. The van der Waals surface area contributed by atoms with E-state index in [1.165, 1.54) is 11.6 Å². The number of hydrogen-bond acceptors (Lipinski definition) is 0. The first-order chi connectivity index (χ1) is 8.63. The summed E-state index contributed by atoms with van der Waals surface area (Å²) in [5.74, 6) is -0.289. The summed E-state index contributed by atoms with van der Waals surface area (Å²) in [6.45, 7) is 2.11. The van der Waals surface area contributed by atoms with Crippen LogP contribution in [-0.4, -0.2) is 0 Å². The normalized spacial score (nSPS) is 12.4. The molecule has 94 valence electrons. The summed E-state index contributed by atoms with van der Waals surface area (Å²) in [6, 6.07) is 13.0. The van der Waals surface area contributed by atoms with Gasteiger partial charge in [0.1, 0.15) is 5.82 Å². The van der Waals surface area contributed by atoms with Gasteiger partial charge in [0.05, 0.1) is 9.85 Å². The Morgan fingerprint density at radius 3 is 2.44 bits per heavy atom. The number of halogens is 3. The molecular weight excluding hydrogens is 315 g/mol. The largest absolute Gasteiger partial charge is 0.206 e. The van der Waals surface area contributed by atoms with Crippen LogP contribution in [-0.2, 0) is 6.42 Å². The maximum Gasteiger partial charge on any atom is 0.137 e. The molecule has 0 aliphatic carbocycles. The Morgan fingerprint density at radius 1 is 1.17 bits per heavy atom. The van der Waals surface area contributed by atoms with Crippen LogP contribution in [0, 0.1) is 5.82 Å². The van der Waals surface area contributed by atoms with Crippen molar-refractivity contribution in [3.8, 4) is 0 Å². The van der Waals surface area contributed by atoms with E-state index in [9.17, 15) is 4.39 Å². The van der Waals surface area contributed by atoms with Gasteiger partial charge in [-0.2, -0.15) is 0 Å². The van der Waals surface area contributed by atoms with E-state index in [1.54, 1.807) is 6.07 Å². The fraction of sp³-hybridized carbons (Fsp3) is 0.200. The van der Waals surface area contributed by atoms with Crippen molar-refractivity contribution >= 4 is 27.5 Å². The van der Waals surface area contributed by atoms with Crippen LogP contribution >= 0.6 is 27.5 Å². The Kier molecular flexibility index (Phi) is 4.41. The molecule has 0 aliphatic rings. The number of hydrogen-bond donors (Lipinski definition) is 0. The van der Waals surface area contributed by atoms with E-state index in [4.69, 9.17) is 11.6 Å². The van der Waals surface area contributed by atoms with Crippen molar-refractivity contribution in [2.24, 2.45) is 0 Å². The maximum atomic E-state index is 13.5. The lowest BCUT2D eigenvalue weighted by atomic mass is 10.0. The highest BCUT2D eigenvalue weighted by molar-refractivity contribution is 9.10. The van der Waals surface area contributed by atoms with Gasteiger partial charge >= 0.3 is 0 Å². The zero-order valence-electron chi connectivity index (χ0n) is 9.96. The van der Waals surface area contributed by atoms with Crippen LogP contribution in [0.4, 0.5) is 4.39 Å². The van der Waals surface area contributed by atoms with Gasteiger partial charge in [0.15, 0.2) is 0 Å². The molecule has 0 aliphatic heterocycles. The standard InChI is InChI=1S/C15H13BrClF/c1-2-10-6-8-11(9-7-10)15(17)12-4-3-5-13(18)14(12)16/h3-9,15H,2H2,1H3. The lowest BCUT2D eigenvalue weighted by Crippen LogP contribution is -1.96. The fourth-order valence-electron chi connectivity index (χ4n) is 1.82. The second-order valence-corrected chi connectivity index (χ2v) is 5.33. The average Bonchev–Trinajstić information content (AvgIpc) is 2.41. The molecule has 0 fully saturated rings. The number of alkyl halides is 1. The second kappa shape index (κ2) is 5.85. The third-order valence-electron chi connectivity index (χ3n) is 2.94. The van der Waals surface area contributed by atoms with E-state index in [2.05, 4.69) is 35.0 Å². The summed E-state index contributed by atoms with van der Waals surface area (Å²) < 4.78 is 13.9. The van der Waals surface area contributed by atoms with Crippen LogP contribution in [0.25, 0.3) is 0 Å². The summed E-state index contributed by atoms with van der Waals surface area (Å²) in [7, 11) is 0. The summed E-state index contributed by atoms with van der Waals surface area (Å²) in [6.07, 6.45) is 0.997. The topological polar surface area (TPSA) is 0 Å². The van der Waals surface area contributed by atoms with E-state index < -0.39 is 0 Å². The van der Waals surface area contributed by atoms with Gasteiger partial charge in [-0.05, 0) is 45.1 Å². The van der Waals surface area contributed by atoms with E-state index in [-0.39, 0.29) is 11.2 Å². The summed E-state index contributed by atoms with van der Waals surface area (Å²) in [5.41, 5.74) is 2.99. The predicted molar refractivity (Wildman–Crippen MR) is 77.6 cm³/mol. The van der Waals surface area contributed by atoms with Crippen LogP contribution in [0.15, 0.2) is 46.9 Å². The van der Waals surface area contributed by atoms with Crippen LogP contribution < -0.4 is 0 Å². The number of benzene rings is 2. The molecule has 0 bridgehead atoms. The highest BCUT2D eigenvalue weighted by atomic mass is 79.9. The predicted octanol–water partition coefficient (Wildman–Crippen LogP) is 5.48. The SMILES string of the molecule is CCc1ccc(C(Cl)c2cccc(F)c2Br)cc1. The molecule has 2 aromatic carbocycles. The summed E-state index contributed by atoms with van der Waals surface area (Å²) in [5, 5.41) is -0.346. The minimum Gasteiger partial charge on any atom is -0.206 e. The zero-order valence-corrected chi connectivity index (χ0v) is 12.3. The third kappa shape index (κ3) is 2.76. The molecule has 0 saturated carbocycles. The Morgan fingerprint density at radius 2 is 1.83 bits per heavy atom. The molecule has 2 aromatic rings. The second-order valence-electron chi connectivity index (χ2n) is 4.10. The minimum atomic E-state index is -0.346. The highest BCUT2D eigenvalue weighted by Crippen LogP contribution is 2.34. The van der Waals surface area contributed by atoms with Crippen molar-refractivity contribution in [1.82, 2.24) is 0 Å². The Labute approximate surface area is 120 Å². The minimum absolute atomic E-state index is 0.289. The molecule has 0 saturated heterocycles. The van der Waals surface area contributed by atoms with Crippen LogP contribution in [0.1, 0.15) is 29.0 Å². The molecular formula is C15H13BrClF. The maximum absolute atomic E-state index is 13.5. The zero-order chi connectivity index (χ0) is 13.1. The molecule has 0 heterocycles. The molecule has 0 amide bonds. The van der Waals surface area contributed by atoms with Crippen LogP contribution in [0.2, 0.25) is 0 Å². The average molecular weight is 328 g/mol. The first-order valence-electron chi connectivity index (χ1n) is 5.80. The van der Waals surface area contributed by atoms with Crippen molar-refractivity contribution in [2.75, 3.05) is 0 Å². The molecule has 2 rings (SSSR count). The highest BCUT2D eigenvalue weighted by Gasteiger charge is 2.15. The van der Waals surface area contributed by atoms with E-state index >= 15 is 0 Å². The van der Waals surface area contributed by atoms with E-state index in [1.807, 2.05) is 18.2 Å². The summed E-state index contributed by atoms with van der Waals surface area (Å²) in [4.78, 5) is 0. The molecule has 0 radical (unpaired) electrons. The van der Waals surface area contributed by atoms with Gasteiger partial charge in [-0.25, -0.2) is 4.39 Å². The molecule has 0 nitrogen and oxygen atoms in total. The van der Waals surface area contributed by atoms with Crippen molar-refractivity contribution in [1.29, 1.82) is 0 Å². The smallest absolute Gasteiger partial charge is 0.137 e. The van der Waals surface area contributed by atoms with Crippen molar-refractivity contribution in [3.63, 3.8) is 0 Å². The van der Waals surface area contributed by atoms with E-state index in [0.29, 0.717) is 4.47 Å². The lowest BCUT2D eigenvalue weighted by Gasteiger charge is -2.13. The number of aryl methyl sites for hydroxylation is 1. The van der Waals surface area contributed by atoms with E-state index in [0.717, 1.165) is 17.5 Å². The first-order valence-corrected chi connectivity index (χ1v) is 7.03. The molecule has 0 aromatic heterocycles. The van der Waals surface area contributed by atoms with Gasteiger partial charge < -0.3 is 0 Å². The van der Waals surface area contributed by atoms with Crippen LogP contribution in [0.3, 0.4) is 0 Å². The first kappa shape index (κ1) is 13.6. The molecule has 1 atom stereocenters. The van der Waals surface area contributed by atoms with Crippen LogP contribution in [0.5, 0.6) is 0 Å². The van der Waals surface area contributed by atoms with Crippen molar-refractivity contribution in [2.45, 2.75) is 18.7 Å². The molecule has 18 heavy (non-hydrogen) atoms. The number of rotatable bonds is 3. The van der Waals surface area contributed by atoms with Crippen molar-refractivity contribution < 1.29 is 4.39 Å². The molecule has 0 N–H and O–H groups in total. The molecule has 3 heteroatoms. The van der Waals surface area contributed by atoms with Crippen molar-refractivity contribution in [3.05, 3.63) is 69.4 Å². The molecule has 0 spiro atoms. The van der Waals surface area contributed by atoms with Gasteiger partial charge in [-0.1, -0.05) is 43.3 Å². The van der Waals surface area contributed by atoms with Gasteiger partial charge in [0, 0.05) is 0 Å². The monoisotopic (exact) mass is 326 g/mol. The van der Waals surface area contributed by atoms with Gasteiger partial charge in [0.25, 0.3) is 0 Å². The van der Waals surface area contributed by atoms with Gasteiger partial charge in [-0.3, -0.25) is 0 Å². The third-order valence-corrected chi connectivity index (χ3v) is 4.26. The molecule has 1 unspecified atom stereocenters. The Balaban J connectivity index is 2.35.